The fraction of sp³-hybridized carbons (Fsp3) is 0.533. The van der Waals surface area contributed by atoms with Gasteiger partial charge in [-0.2, -0.15) is 0 Å². The zero-order chi connectivity index (χ0) is 13.7. The second-order valence-electron chi connectivity index (χ2n) is 5.01. The molecule has 0 amide bonds. The van der Waals surface area contributed by atoms with E-state index in [1.54, 1.807) is 0 Å². The number of halogens is 1. The van der Waals surface area contributed by atoms with Gasteiger partial charge in [-0.05, 0) is 24.5 Å². The summed E-state index contributed by atoms with van der Waals surface area (Å²) in [4.78, 5) is 13.8. The van der Waals surface area contributed by atoms with Crippen molar-refractivity contribution in [2.45, 2.75) is 38.3 Å². The van der Waals surface area contributed by atoms with Crippen molar-refractivity contribution < 1.29 is 9.53 Å². The fourth-order valence-electron chi connectivity index (χ4n) is 2.66. The van der Waals surface area contributed by atoms with E-state index in [2.05, 4.69) is 4.90 Å². The predicted molar refractivity (Wildman–Crippen MR) is 76.1 cm³/mol. The van der Waals surface area contributed by atoms with Gasteiger partial charge in [0.1, 0.15) is 0 Å². The van der Waals surface area contributed by atoms with Gasteiger partial charge in [0, 0.05) is 17.6 Å². The van der Waals surface area contributed by atoms with Crippen molar-refractivity contribution >= 4 is 17.6 Å². The number of hydrogen-bond acceptors (Lipinski definition) is 3. The topological polar surface area (TPSA) is 29.5 Å². The Morgan fingerprint density at radius 1 is 1.37 bits per heavy atom. The van der Waals surface area contributed by atoms with E-state index in [4.69, 9.17) is 16.3 Å². The molecule has 0 bridgehead atoms. The van der Waals surface area contributed by atoms with Crippen LogP contribution in [0.4, 0.5) is 0 Å². The van der Waals surface area contributed by atoms with Crippen LogP contribution in [-0.4, -0.2) is 30.6 Å². The summed E-state index contributed by atoms with van der Waals surface area (Å²) in [7, 11) is 1.44. The average Bonchev–Trinajstić information content (AvgIpc) is 2.94. The molecule has 1 fully saturated rings. The van der Waals surface area contributed by atoms with Crippen LogP contribution >= 0.6 is 11.6 Å². The number of rotatable bonds is 5. The average molecular weight is 282 g/mol. The highest BCUT2D eigenvalue weighted by atomic mass is 35.5. The minimum atomic E-state index is -0.182. The van der Waals surface area contributed by atoms with E-state index in [1.807, 2.05) is 24.3 Å². The molecule has 2 rings (SSSR count). The highest BCUT2D eigenvalue weighted by Crippen LogP contribution is 2.26. The van der Waals surface area contributed by atoms with E-state index in [0.717, 1.165) is 23.4 Å². The molecular formula is C15H20ClNO2. The van der Waals surface area contributed by atoms with Crippen molar-refractivity contribution in [2.75, 3.05) is 13.7 Å². The molecule has 19 heavy (non-hydrogen) atoms. The maximum Gasteiger partial charge on any atom is 0.319 e. The van der Waals surface area contributed by atoms with Gasteiger partial charge in [-0.15, -0.1) is 0 Å². The van der Waals surface area contributed by atoms with E-state index in [-0.39, 0.29) is 5.97 Å². The molecule has 0 aliphatic heterocycles. The first-order chi connectivity index (χ1) is 9.20. The third-order valence-electron chi connectivity index (χ3n) is 3.73. The van der Waals surface area contributed by atoms with Gasteiger partial charge in [0.2, 0.25) is 0 Å². The molecule has 0 unspecified atom stereocenters. The van der Waals surface area contributed by atoms with Gasteiger partial charge >= 0.3 is 5.97 Å². The van der Waals surface area contributed by atoms with Crippen LogP contribution in [0, 0.1) is 0 Å². The van der Waals surface area contributed by atoms with Gasteiger partial charge in [-0.25, -0.2) is 0 Å². The summed E-state index contributed by atoms with van der Waals surface area (Å²) in [5, 5.41) is 0.760. The molecule has 0 heterocycles. The minimum absolute atomic E-state index is 0.182. The second kappa shape index (κ2) is 6.92. The van der Waals surface area contributed by atoms with Gasteiger partial charge < -0.3 is 4.74 Å². The second-order valence-corrected chi connectivity index (χ2v) is 5.42. The maximum atomic E-state index is 11.6. The summed E-state index contributed by atoms with van der Waals surface area (Å²) >= 11 is 6.20. The van der Waals surface area contributed by atoms with E-state index >= 15 is 0 Å². The molecule has 1 aromatic carbocycles. The standard InChI is InChI=1S/C15H20ClNO2/c1-19-15(18)11-17(13-7-3-4-8-13)10-12-6-2-5-9-14(12)16/h2,5-6,9,13H,3-4,7-8,10-11H2,1H3. The first kappa shape index (κ1) is 14.4. The van der Waals surface area contributed by atoms with Crippen LogP contribution < -0.4 is 0 Å². The molecule has 104 valence electrons. The quantitative estimate of drug-likeness (QED) is 0.776. The zero-order valence-electron chi connectivity index (χ0n) is 11.3. The number of benzene rings is 1. The molecule has 0 aromatic heterocycles. The lowest BCUT2D eigenvalue weighted by atomic mass is 10.1. The molecule has 3 nitrogen and oxygen atoms in total. The monoisotopic (exact) mass is 281 g/mol. The van der Waals surface area contributed by atoms with Crippen molar-refractivity contribution in [1.29, 1.82) is 0 Å². The summed E-state index contributed by atoms with van der Waals surface area (Å²) in [5.41, 5.74) is 1.07. The van der Waals surface area contributed by atoms with Crippen LogP contribution in [-0.2, 0) is 16.1 Å². The zero-order valence-corrected chi connectivity index (χ0v) is 12.0. The van der Waals surface area contributed by atoms with E-state index < -0.39 is 0 Å². The fourth-order valence-corrected chi connectivity index (χ4v) is 2.85. The number of hydrogen-bond donors (Lipinski definition) is 0. The molecular weight excluding hydrogens is 262 g/mol. The van der Waals surface area contributed by atoms with Crippen molar-refractivity contribution in [3.05, 3.63) is 34.9 Å². The Morgan fingerprint density at radius 2 is 2.05 bits per heavy atom. The SMILES string of the molecule is COC(=O)CN(Cc1ccccc1Cl)C1CCCC1. The van der Waals surface area contributed by atoms with Gasteiger partial charge in [0.05, 0.1) is 13.7 Å². The Balaban J connectivity index is 2.08. The first-order valence-corrected chi connectivity index (χ1v) is 7.13. The maximum absolute atomic E-state index is 11.6. The Bertz CT molecular complexity index is 430. The third-order valence-corrected chi connectivity index (χ3v) is 4.10. The number of carbonyl (C=O) groups excluding carboxylic acids is 1. The molecule has 0 saturated heterocycles. The van der Waals surface area contributed by atoms with Crippen LogP contribution in [0.15, 0.2) is 24.3 Å². The highest BCUT2D eigenvalue weighted by molar-refractivity contribution is 6.31. The van der Waals surface area contributed by atoms with Crippen LogP contribution in [0.3, 0.4) is 0 Å². The van der Waals surface area contributed by atoms with Crippen molar-refractivity contribution in [2.24, 2.45) is 0 Å². The lowest BCUT2D eigenvalue weighted by Gasteiger charge is -2.28. The third kappa shape index (κ3) is 3.95. The molecule has 1 aromatic rings. The number of ether oxygens (including phenoxy) is 1. The molecule has 0 radical (unpaired) electrons. The van der Waals surface area contributed by atoms with E-state index in [0.29, 0.717) is 19.1 Å². The van der Waals surface area contributed by atoms with Gasteiger partial charge in [0.15, 0.2) is 0 Å². The molecule has 0 N–H and O–H groups in total. The summed E-state index contributed by atoms with van der Waals surface area (Å²) in [6.07, 6.45) is 4.79. The Labute approximate surface area is 119 Å². The molecule has 1 aliphatic carbocycles. The van der Waals surface area contributed by atoms with Gasteiger partial charge in [-0.1, -0.05) is 42.6 Å². The number of nitrogens with zero attached hydrogens (tertiary/aromatic N) is 1. The van der Waals surface area contributed by atoms with Crippen LogP contribution in [0.2, 0.25) is 5.02 Å². The largest absolute Gasteiger partial charge is 0.468 e. The minimum Gasteiger partial charge on any atom is -0.468 e. The number of methoxy groups -OCH3 is 1. The normalized spacial score (nSPS) is 15.9. The lowest BCUT2D eigenvalue weighted by molar-refractivity contribution is -0.142. The molecule has 0 spiro atoms. The summed E-state index contributed by atoms with van der Waals surface area (Å²) < 4.78 is 4.79. The molecule has 1 aliphatic rings. The Hall–Kier alpha value is -1.06. The van der Waals surface area contributed by atoms with Crippen LogP contribution in [0.1, 0.15) is 31.2 Å². The Morgan fingerprint density at radius 3 is 2.68 bits per heavy atom. The predicted octanol–water partition coefficient (Wildman–Crippen LogP) is 3.26. The number of carbonyl (C=O) groups is 1. The summed E-state index contributed by atoms with van der Waals surface area (Å²) in [6.45, 7) is 1.05. The van der Waals surface area contributed by atoms with Crippen LogP contribution in [0.25, 0.3) is 0 Å². The summed E-state index contributed by atoms with van der Waals surface area (Å²) in [5.74, 6) is -0.182. The van der Waals surface area contributed by atoms with Gasteiger partial charge in [-0.3, -0.25) is 9.69 Å². The smallest absolute Gasteiger partial charge is 0.319 e. The lowest BCUT2D eigenvalue weighted by Crippen LogP contribution is -2.37. The van der Waals surface area contributed by atoms with Gasteiger partial charge in [0.25, 0.3) is 0 Å². The van der Waals surface area contributed by atoms with E-state index in [9.17, 15) is 4.79 Å². The van der Waals surface area contributed by atoms with Crippen molar-refractivity contribution in [3.63, 3.8) is 0 Å². The van der Waals surface area contributed by atoms with E-state index in [1.165, 1.54) is 20.0 Å². The molecule has 0 atom stereocenters. The summed E-state index contributed by atoms with van der Waals surface area (Å²) in [6, 6.07) is 8.28. The van der Waals surface area contributed by atoms with Crippen molar-refractivity contribution in [3.8, 4) is 0 Å². The van der Waals surface area contributed by atoms with Crippen molar-refractivity contribution in [1.82, 2.24) is 4.90 Å². The number of esters is 1. The highest BCUT2D eigenvalue weighted by Gasteiger charge is 2.25. The first-order valence-electron chi connectivity index (χ1n) is 6.75. The van der Waals surface area contributed by atoms with Crippen LogP contribution in [0.5, 0.6) is 0 Å². The molecule has 4 heteroatoms. The Kier molecular flexibility index (Phi) is 5.23. The molecule has 1 saturated carbocycles.